The number of nitrogens with zero attached hydrogens (tertiary/aromatic N) is 1. The smallest absolute Gasteiger partial charge is 0.307 e. The van der Waals surface area contributed by atoms with E-state index in [9.17, 15) is 18.0 Å². The average Bonchev–Trinajstić information content (AvgIpc) is 2.09. The van der Waals surface area contributed by atoms with Crippen LogP contribution in [0.1, 0.15) is 17.6 Å². The van der Waals surface area contributed by atoms with E-state index in [1.54, 1.807) is 0 Å². The molecular formula is C8H7F3N2O2. The maximum absolute atomic E-state index is 12.8. The summed E-state index contributed by atoms with van der Waals surface area (Å²) in [4.78, 5) is 13.3. The van der Waals surface area contributed by atoms with Crippen LogP contribution in [0.3, 0.4) is 0 Å². The van der Waals surface area contributed by atoms with E-state index in [2.05, 4.69) is 4.98 Å². The van der Waals surface area contributed by atoms with E-state index in [0.29, 0.717) is 0 Å². The number of halogens is 3. The van der Waals surface area contributed by atoms with Crippen molar-refractivity contribution >= 4 is 11.7 Å². The van der Waals surface area contributed by atoms with Gasteiger partial charge in [-0.3, -0.25) is 4.79 Å². The van der Waals surface area contributed by atoms with Crippen LogP contribution in [0.2, 0.25) is 0 Å². The lowest BCUT2D eigenvalue weighted by molar-refractivity contribution is -0.136. The molecule has 1 aromatic rings. The van der Waals surface area contributed by atoms with Gasteiger partial charge in [-0.1, -0.05) is 0 Å². The minimum atomic E-state index is -3.12. The van der Waals surface area contributed by atoms with Crippen molar-refractivity contribution in [2.75, 3.05) is 5.73 Å². The van der Waals surface area contributed by atoms with E-state index >= 15 is 0 Å². The van der Waals surface area contributed by atoms with E-state index in [1.807, 2.05) is 0 Å². The maximum Gasteiger partial charge on any atom is 0.307 e. The molecule has 0 atom stereocenters. The summed E-state index contributed by atoms with van der Waals surface area (Å²) < 4.78 is 37.4. The summed E-state index contributed by atoms with van der Waals surface area (Å²) in [6.07, 6.45) is -2.85. The van der Waals surface area contributed by atoms with Crippen LogP contribution in [0.4, 0.5) is 18.9 Å². The molecule has 4 nitrogen and oxygen atoms in total. The quantitative estimate of drug-likeness (QED) is 0.754. The summed E-state index contributed by atoms with van der Waals surface area (Å²) in [6, 6.07) is 0. The molecule has 15 heavy (non-hydrogen) atoms. The van der Waals surface area contributed by atoms with Crippen LogP contribution in [0.25, 0.3) is 0 Å². The van der Waals surface area contributed by atoms with Crippen molar-refractivity contribution in [3.05, 3.63) is 23.3 Å². The van der Waals surface area contributed by atoms with Crippen LogP contribution >= 0.6 is 0 Å². The number of aromatic nitrogens is 1. The van der Waals surface area contributed by atoms with Gasteiger partial charge in [0.05, 0.1) is 17.7 Å². The first-order valence-corrected chi connectivity index (χ1v) is 3.86. The zero-order valence-electron chi connectivity index (χ0n) is 7.38. The topological polar surface area (TPSA) is 76.2 Å². The minimum Gasteiger partial charge on any atom is -0.481 e. The number of anilines is 1. The lowest BCUT2D eigenvalue weighted by Crippen LogP contribution is -2.09. The summed E-state index contributed by atoms with van der Waals surface area (Å²) in [5.41, 5.74) is 3.48. The predicted octanol–water partition coefficient (Wildman–Crippen LogP) is 1.37. The monoisotopic (exact) mass is 220 g/mol. The standard InChI is InChI=1S/C8H7F3N2O2/c9-7(10)5-6(12)3(1-4(14)15)2-13-8(5)11/h2,7H,1H2,(H2,12,13)(H,14,15). The number of hydrogen-bond donors (Lipinski definition) is 2. The van der Waals surface area contributed by atoms with Crippen LogP contribution in [-0.2, 0) is 11.2 Å². The Morgan fingerprint density at radius 2 is 2.20 bits per heavy atom. The van der Waals surface area contributed by atoms with Crippen molar-refractivity contribution in [1.82, 2.24) is 4.98 Å². The summed E-state index contributed by atoms with van der Waals surface area (Å²) in [5, 5.41) is 8.43. The van der Waals surface area contributed by atoms with E-state index in [0.717, 1.165) is 6.20 Å². The number of carbonyl (C=O) groups is 1. The van der Waals surface area contributed by atoms with Crippen LogP contribution in [0.5, 0.6) is 0 Å². The molecule has 0 bridgehead atoms. The average molecular weight is 220 g/mol. The second-order valence-electron chi connectivity index (χ2n) is 2.77. The molecule has 82 valence electrons. The molecule has 0 aromatic carbocycles. The van der Waals surface area contributed by atoms with Crippen molar-refractivity contribution < 1.29 is 23.1 Å². The van der Waals surface area contributed by atoms with Gasteiger partial charge < -0.3 is 10.8 Å². The number of rotatable bonds is 3. The van der Waals surface area contributed by atoms with Gasteiger partial charge in [0, 0.05) is 11.8 Å². The molecule has 0 fully saturated rings. The number of pyridine rings is 1. The molecule has 0 aliphatic heterocycles. The Bertz CT molecular complexity index is 396. The molecule has 0 saturated carbocycles. The first-order chi connectivity index (χ1) is 6.93. The van der Waals surface area contributed by atoms with Crippen molar-refractivity contribution in [1.29, 1.82) is 0 Å². The maximum atomic E-state index is 12.8. The van der Waals surface area contributed by atoms with Gasteiger partial charge in [0.2, 0.25) is 5.95 Å². The zero-order chi connectivity index (χ0) is 11.6. The van der Waals surface area contributed by atoms with Crippen LogP contribution in [0, 0.1) is 5.95 Å². The fraction of sp³-hybridized carbons (Fsp3) is 0.250. The Balaban J connectivity index is 3.22. The summed E-state index contributed by atoms with van der Waals surface area (Å²) in [5.74, 6) is -2.63. The number of carboxylic acid groups (broad SMARTS) is 1. The highest BCUT2D eigenvalue weighted by atomic mass is 19.3. The molecule has 3 N–H and O–H groups in total. The van der Waals surface area contributed by atoms with Crippen molar-refractivity contribution in [3.8, 4) is 0 Å². The SMILES string of the molecule is Nc1c(CC(=O)O)cnc(F)c1C(F)F. The lowest BCUT2D eigenvalue weighted by atomic mass is 10.1. The third-order valence-corrected chi connectivity index (χ3v) is 1.75. The summed E-state index contributed by atoms with van der Waals surface area (Å²) >= 11 is 0. The fourth-order valence-electron chi connectivity index (χ4n) is 1.07. The molecule has 1 aromatic heterocycles. The van der Waals surface area contributed by atoms with E-state index < -0.39 is 36.0 Å². The van der Waals surface area contributed by atoms with Crippen molar-refractivity contribution in [2.45, 2.75) is 12.8 Å². The van der Waals surface area contributed by atoms with Gasteiger partial charge in [-0.25, -0.2) is 13.8 Å². The fourth-order valence-corrected chi connectivity index (χ4v) is 1.07. The summed E-state index contributed by atoms with van der Waals surface area (Å²) in [6.45, 7) is 0. The van der Waals surface area contributed by atoms with E-state index in [-0.39, 0.29) is 5.56 Å². The van der Waals surface area contributed by atoms with Gasteiger partial charge in [-0.05, 0) is 0 Å². The number of aliphatic carboxylic acids is 1. The molecule has 1 rings (SSSR count). The van der Waals surface area contributed by atoms with Gasteiger partial charge in [-0.15, -0.1) is 0 Å². The third kappa shape index (κ3) is 2.36. The molecule has 1 heterocycles. The Kier molecular flexibility index (Phi) is 3.13. The van der Waals surface area contributed by atoms with Crippen molar-refractivity contribution in [3.63, 3.8) is 0 Å². The predicted molar refractivity (Wildman–Crippen MR) is 44.9 cm³/mol. The normalized spacial score (nSPS) is 10.7. The second kappa shape index (κ2) is 4.16. The van der Waals surface area contributed by atoms with Gasteiger partial charge in [0.1, 0.15) is 0 Å². The van der Waals surface area contributed by atoms with Gasteiger partial charge in [0.15, 0.2) is 0 Å². The molecule has 0 unspecified atom stereocenters. The Labute approximate surface area is 82.5 Å². The van der Waals surface area contributed by atoms with Crippen LogP contribution in [0.15, 0.2) is 6.20 Å². The van der Waals surface area contributed by atoms with Crippen molar-refractivity contribution in [2.24, 2.45) is 0 Å². The van der Waals surface area contributed by atoms with Crippen LogP contribution in [-0.4, -0.2) is 16.1 Å². The van der Waals surface area contributed by atoms with Gasteiger partial charge in [-0.2, -0.15) is 4.39 Å². The molecule has 0 amide bonds. The Morgan fingerprint density at radius 3 is 2.67 bits per heavy atom. The van der Waals surface area contributed by atoms with E-state index in [1.165, 1.54) is 0 Å². The zero-order valence-corrected chi connectivity index (χ0v) is 7.38. The highest BCUT2D eigenvalue weighted by Gasteiger charge is 2.21. The van der Waals surface area contributed by atoms with Gasteiger partial charge in [0.25, 0.3) is 6.43 Å². The highest BCUT2D eigenvalue weighted by Crippen LogP contribution is 2.29. The number of hydrogen-bond acceptors (Lipinski definition) is 3. The number of carboxylic acids is 1. The molecular weight excluding hydrogens is 213 g/mol. The third-order valence-electron chi connectivity index (χ3n) is 1.75. The number of nitrogens with two attached hydrogens (primary N) is 1. The number of alkyl halides is 2. The molecule has 0 aliphatic carbocycles. The first kappa shape index (κ1) is 11.3. The molecule has 0 aliphatic rings. The molecule has 0 radical (unpaired) electrons. The van der Waals surface area contributed by atoms with Gasteiger partial charge >= 0.3 is 5.97 Å². The Hall–Kier alpha value is -1.79. The van der Waals surface area contributed by atoms with Crippen LogP contribution < -0.4 is 5.73 Å². The minimum absolute atomic E-state index is 0.126. The molecule has 0 spiro atoms. The first-order valence-electron chi connectivity index (χ1n) is 3.86. The molecule has 7 heteroatoms. The number of nitrogen functional groups attached to an aromatic ring is 1. The molecule has 0 saturated heterocycles. The highest BCUT2D eigenvalue weighted by molar-refractivity contribution is 5.73. The largest absolute Gasteiger partial charge is 0.481 e. The van der Waals surface area contributed by atoms with E-state index in [4.69, 9.17) is 10.8 Å². The summed E-state index contributed by atoms with van der Waals surface area (Å²) in [7, 11) is 0. The Morgan fingerprint density at radius 1 is 1.60 bits per heavy atom. The lowest BCUT2D eigenvalue weighted by Gasteiger charge is -2.08. The second-order valence-corrected chi connectivity index (χ2v) is 2.77.